The van der Waals surface area contributed by atoms with Gasteiger partial charge in [0, 0.05) is 39.1 Å². The van der Waals surface area contributed by atoms with Crippen molar-refractivity contribution in [2.24, 2.45) is 4.99 Å². The van der Waals surface area contributed by atoms with Gasteiger partial charge in [0.1, 0.15) is 5.82 Å². The zero-order chi connectivity index (χ0) is 15.2. The molecule has 0 amide bonds. The number of aromatic nitrogens is 3. The molecule has 0 atom stereocenters. The summed E-state index contributed by atoms with van der Waals surface area (Å²) in [7, 11) is 1.76. The molecule has 0 saturated carbocycles. The Morgan fingerprint density at radius 1 is 1.43 bits per heavy atom. The Labute approximate surface area is 125 Å². The van der Waals surface area contributed by atoms with Crippen molar-refractivity contribution in [1.82, 2.24) is 25.0 Å². The van der Waals surface area contributed by atoms with Gasteiger partial charge in [-0.3, -0.25) is 9.56 Å². The summed E-state index contributed by atoms with van der Waals surface area (Å²) in [5.74, 6) is 1.73. The average Bonchev–Trinajstić information content (AvgIpc) is 2.79. The van der Waals surface area contributed by atoms with Crippen molar-refractivity contribution in [3.63, 3.8) is 0 Å². The summed E-state index contributed by atoms with van der Waals surface area (Å²) in [6, 6.07) is 0.346. The highest BCUT2D eigenvalue weighted by atomic mass is 16.2. The van der Waals surface area contributed by atoms with Crippen molar-refractivity contribution < 1.29 is 0 Å². The number of aliphatic imine (C=N–C) groups is 1. The predicted molar refractivity (Wildman–Crippen MR) is 83.7 cm³/mol. The third-order valence-corrected chi connectivity index (χ3v) is 3.52. The minimum absolute atomic E-state index is 0.0365. The largest absolute Gasteiger partial charge is 0.356 e. The molecule has 0 fully saturated rings. The van der Waals surface area contributed by atoms with E-state index in [4.69, 9.17) is 0 Å². The quantitative estimate of drug-likeness (QED) is 0.466. The van der Waals surface area contributed by atoms with Crippen LogP contribution in [0.2, 0.25) is 0 Å². The second-order valence-electron chi connectivity index (χ2n) is 5.68. The molecule has 1 aromatic heterocycles. The maximum absolute atomic E-state index is 12.2. The Hall–Kier alpha value is -1.79. The van der Waals surface area contributed by atoms with Gasteiger partial charge in [-0.05, 0) is 33.1 Å². The maximum atomic E-state index is 12.2. The van der Waals surface area contributed by atoms with Crippen molar-refractivity contribution in [2.45, 2.75) is 58.7 Å². The summed E-state index contributed by atoms with van der Waals surface area (Å²) < 4.78 is 3.41. The van der Waals surface area contributed by atoms with Gasteiger partial charge in [0.15, 0.2) is 5.96 Å². The molecule has 7 nitrogen and oxygen atoms in total. The lowest BCUT2D eigenvalue weighted by Crippen LogP contribution is -2.41. The molecule has 1 aromatic rings. The molecule has 0 bridgehead atoms. The molecule has 2 heterocycles. The Kier molecular flexibility index (Phi) is 5.41. The Balaban J connectivity index is 1.81. The van der Waals surface area contributed by atoms with Gasteiger partial charge in [0.05, 0.1) is 0 Å². The van der Waals surface area contributed by atoms with Gasteiger partial charge >= 0.3 is 5.69 Å². The molecular weight excluding hydrogens is 268 g/mol. The molecule has 0 aromatic carbocycles. The number of hydrogen-bond donors (Lipinski definition) is 2. The molecule has 0 radical (unpaired) electrons. The summed E-state index contributed by atoms with van der Waals surface area (Å²) in [5.41, 5.74) is 0.0365. The Morgan fingerprint density at radius 3 is 2.90 bits per heavy atom. The highest BCUT2D eigenvalue weighted by Gasteiger charge is 2.16. The van der Waals surface area contributed by atoms with Crippen LogP contribution in [-0.2, 0) is 19.5 Å². The number of nitrogens with zero attached hydrogens (tertiary/aromatic N) is 4. The standard InChI is InChI=1S/C14H26N6O/c1-11(2)17-13(15-3)16-8-6-10-20-14(21)19-9-5-4-7-12(19)18-20/h11H,4-10H2,1-3H3,(H2,15,16,17). The van der Waals surface area contributed by atoms with E-state index in [0.29, 0.717) is 12.6 Å². The molecule has 0 unspecified atom stereocenters. The summed E-state index contributed by atoms with van der Waals surface area (Å²) in [6.45, 7) is 6.37. The number of guanidine groups is 1. The van der Waals surface area contributed by atoms with E-state index < -0.39 is 0 Å². The lowest BCUT2D eigenvalue weighted by atomic mass is 10.2. The number of hydrogen-bond acceptors (Lipinski definition) is 3. The molecule has 1 aliphatic heterocycles. The molecular formula is C14H26N6O. The van der Waals surface area contributed by atoms with Crippen LogP contribution >= 0.6 is 0 Å². The molecule has 0 aliphatic carbocycles. The van der Waals surface area contributed by atoms with E-state index in [1.54, 1.807) is 11.7 Å². The minimum atomic E-state index is 0.0365. The van der Waals surface area contributed by atoms with Gasteiger partial charge in [-0.1, -0.05) is 0 Å². The molecule has 1 aliphatic rings. The van der Waals surface area contributed by atoms with Crippen LogP contribution in [-0.4, -0.2) is 39.9 Å². The van der Waals surface area contributed by atoms with Gasteiger partial charge in [0.2, 0.25) is 0 Å². The van der Waals surface area contributed by atoms with Crippen LogP contribution in [0.1, 0.15) is 38.9 Å². The number of fused-ring (bicyclic) bond motifs is 1. The van der Waals surface area contributed by atoms with Gasteiger partial charge in [-0.2, -0.15) is 5.10 Å². The van der Waals surface area contributed by atoms with Gasteiger partial charge in [-0.15, -0.1) is 0 Å². The van der Waals surface area contributed by atoms with Crippen LogP contribution in [0.15, 0.2) is 9.79 Å². The predicted octanol–water partition coefficient (Wildman–Crippen LogP) is 0.345. The monoisotopic (exact) mass is 294 g/mol. The average molecular weight is 294 g/mol. The lowest BCUT2D eigenvalue weighted by Gasteiger charge is -2.14. The fourth-order valence-corrected chi connectivity index (χ4v) is 2.50. The first-order valence-corrected chi connectivity index (χ1v) is 7.75. The molecule has 7 heteroatoms. The van der Waals surface area contributed by atoms with E-state index in [0.717, 1.165) is 50.6 Å². The Morgan fingerprint density at radius 2 is 2.24 bits per heavy atom. The van der Waals surface area contributed by atoms with Crippen LogP contribution in [0.25, 0.3) is 0 Å². The van der Waals surface area contributed by atoms with Crippen LogP contribution < -0.4 is 16.3 Å². The summed E-state index contributed by atoms with van der Waals surface area (Å²) >= 11 is 0. The van der Waals surface area contributed by atoms with E-state index >= 15 is 0 Å². The normalized spacial score (nSPS) is 15.1. The highest BCUT2D eigenvalue weighted by Crippen LogP contribution is 2.09. The Bertz CT molecular complexity index is 542. The molecule has 2 N–H and O–H groups in total. The van der Waals surface area contributed by atoms with E-state index in [1.807, 2.05) is 4.57 Å². The minimum Gasteiger partial charge on any atom is -0.356 e. The molecule has 118 valence electrons. The molecule has 2 rings (SSSR count). The molecule has 0 spiro atoms. The molecule has 21 heavy (non-hydrogen) atoms. The first-order valence-electron chi connectivity index (χ1n) is 7.75. The smallest absolute Gasteiger partial charge is 0.345 e. The van der Waals surface area contributed by atoms with Crippen LogP contribution in [0, 0.1) is 0 Å². The van der Waals surface area contributed by atoms with Crippen molar-refractivity contribution in [1.29, 1.82) is 0 Å². The van der Waals surface area contributed by atoms with Crippen molar-refractivity contribution in [3.05, 3.63) is 16.3 Å². The van der Waals surface area contributed by atoms with Crippen molar-refractivity contribution >= 4 is 5.96 Å². The van der Waals surface area contributed by atoms with Crippen molar-refractivity contribution in [2.75, 3.05) is 13.6 Å². The topological polar surface area (TPSA) is 76.2 Å². The van der Waals surface area contributed by atoms with E-state index in [1.165, 1.54) is 0 Å². The van der Waals surface area contributed by atoms with Crippen LogP contribution in [0.3, 0.4) is 0 Å². The second-order valence-corrected chi connectivity index (χ2v) is 5.68. The third-order valence-electron chi connectivity index (χ3n) is 3.52. The number of aryl methyl sites for hydroxylation is 2. The van der Waals surface area contributed by atoms with Crippen LogP contribution in [0.4, 0.5) is 0 Å². The fourth-order valence-electron chi connectivity index (χ4n) is 2.50. The van der Waals surface area contributed by atoms with Gasteiger partial charge in [0.25, 0.3) is 0 Å². The lowest BCUT2D eigenvalue weighted by molar-refractivity contribution is 0.509. The van der Waals surface area contributed by atoms with E-state index in [2.05, 4.69) is 34.6 Å². The van der Waals surface area contributed by atoms with Gasteiger partial charge in [-0.25, -0.2) is 9.48 Å². The highest BCUT2D eigenvalue weighted by molar-refractivity contribution is 5.79. The van der Waals surface area contributed by atoms with Crippen LogP contribution in [0.5, 0.6) is 0 Å². The van der Waals surface area contributed by atoms with Gasteiger partial charge < -0.3 is 10.6 Å². The number of nitrogens with one attached hydrogen (secondary N) is 2. The SMILES string of the molecule is CN=C(NCCCn1nc2n(c1=O)CCCC2)NC(C)C. The van der Waals surface area contributed by atoms with E-state index in [9.17, 15) is 4.79 Å². The molecule has 0 saturated heterocycles. The zero-order valence-electron chi connectivity index (χ0n) is 13.2. The number of rotatable bonds is 5. The maximum Gasteiger partial charge on any atom is 0.345 e. The first-order chi connectivity index (χ1) is 10.1. The van der Waals surface area contributed by atoms with Crippen molar-refractivity contribution in [3.8, 4) is 0 Å². The fraction of sp³-hybridized carbons (Fsp3) is 0.786. The third kappa shape index (κ3) is 4.09. The summed E-state index contributed by atoms with van der Waals surface area (Å²) in [6.07, 6.45) is 3.98. The summed E-state index contributed by atoms with van der Waals surface area (Å²) in [5, 5.41) is 10.9. The zero-order valence-corrected chi connectivity index (χ0v) is 13.2. The first kappa shape index (κ1) is 15.6. The second kappa shape index (κ2) is 7.28. The summed E-state index contributed by atoms with van der Waals surface area (Å²) in [4.78, 5) is 16.3. The van der Waals surface area contributed by atoms with E-state index in [-0.39, 0.29) is 5.69 Å².